The molecular formula is C23H24N4O3. The molecule has 0 unspecified atom stereocenters. The van der Waals surface area contributed by atoms with E-state index in [1.165, 1.54) is 0 Å². The molecule has 7 heteroatoms. The van der Waals surface area contributed by atoms with E-state index >= 15 is 0 Å². The van der Waals surface area contributed by atoms with Crippen LogP contribution in [-0.2, 0) is 4.79 Å². The van der Waals surface area contributed by atoms with Crippen molar-refractivity contribution in [3.63, 3.8) is 0 Å². The zero-order chi connectivity index (χ0) is 21.7. The summed E-state index contributed by atoms with van der Waals surface area (Å²) in [5.41, 5.74) is 12.6. The fraction of sp³-hybridized carbons (Fsp3) is 0.174. The van der Waals surface area contributed by atoms with E-state index < -0.39 is 5.91 Å². The molecule has 3 aromatic carbocycles. The Labute approximate surface area is 174 Å². The topological polar surface area (TPSA) is 120 Å². The van der Waals surface area contributed by atoms with Gasteiger partial charge in [0.25, 0.3) is 11.8 Å². The number of aliphatic imine (C=N–C) groups is 1. The molecule has 0 aliphatic heterocycles. The van der Waals surface area contributed by atoms with Crippen LogP contribution in [0.15, 0.2) is 65.7 Å². The smallest absolute Gasteiger partial charge is 0.286 e. The zero-order valence-corrected chi connectivity index (χ0v) is 16.9. The summed E-state index contributed by atoms with van der Waals surface area (Å²) in [5, 5.41) is 5.26. The number of guanidine groups is 1. The molecule has 3 rings (SSSR count). The van der Waals surface area contributed by atoms with E-state index in [1.54, 1.807) is 18.2 Å². The Hall–Kier alpha value is -3.87. The Balaban J connectivity index is 1.76. The maximum absolute atomic E-state index is 12.9. The lowest BCUT2D eigenvalue weighted by Crippen LogP contribution is -2.27. The van der Waals surface area contributed by atoms with Gasteiger partial charge in [-0.05, 0) is 47.9 Å². The molecule has 3 aromatic rings. The van der Waals surface area contributed by atoms with Crippen LogP contribution in [0.3, 0.4) is 0 Å². The average molecular weight is 404 g/mol. The largest absolute Gasteiger partial charge is 0.484 e. The number of amides is 2. The van der Waals surface area contributed by atoms with Crippen LogP contribution in [0.4, 0.5) is 0 Å². The molecule has 0 bridgehead atoms. The van der Waals surface area contributed by atoms with Crippen LogP contribution in [-0.4, -0.2) is 24.4 Å². The third kappa shape index (κ3) is 4.94. The number of rotatable bonds is 6. The molecule has 0 saturated carbocycles. The summed E-state index contributed by atoms with van der Waals surface area (Å²) >= 11 is 0. The third-order valence-electron chi connectivity index (χ3n) is 4.71. The lowest BCUT2D eigenvalue weighted by atomic mass is 9.99. The molecule has 1 atom stereocenters. The van der Waals surface area contributed by atoms with Gasteiger partial charge < -0.3 is 21.5 Å². The van der Waals surface area contributed by atoms with Crippen LogP contribution < -0.4 is 21.5 Å². The molecule has 0 radical (unpaired) electrons. The van der Waals surface area contributed by atoms with Crippen LogP contribution in [0.5, 0.6) is 5.75 Å². The molecule has 30 heavy (non-hydrogen) atoms. The number of nitrogens with one attached hydrogen (secondary N) is 1. The molecular weight excluding hydrogens is 380 g/mol. The van der Waals surface area contributed by atoms with E-state index in [-0.39, 0.29) is 24.5 Å². The summed E-state index contributed by atoms with van der Waals surface area (Å²) in [6.45, 7) is 3.46. The highest BCUT2D eigenvalue weighted by atomic mass is 16.5. The first-order valence-corrected chi connectivity index (χ1v) is 9.49. The number of benzene rings is 3. The Morgan fingerprint density at radius 3 is 2.57 bits per heavy atom. The van der Waals surface area contributed by atoms with Crippen LogP contribution in [0.25, 0.3) is 10.8 Å². The molecule has 0 aliphatic rings. The van der Waals surface area contributed by atoms with Crippen molar-refractivity contribution in [3.05, 3.63) is 77.4 Å². The summed E-state index contributed by atoms with van der Waals surface area (Å²) in [5.74, 6) is -0.780. The quantitative estimate of drug-likeness (QED) is 0.431. The maximum Gasteiger partial charge on any atom is 0.286 e. The second kappa shape index (κ2) is 9.09. The van der Waals surface area contributed by atoms with Crippen molar-refractivity contribution in [2.75, 3.05) is 6.61 Å². The van der Waals surface area contributed by atoms with E-state index in [0.29, 0.717) is 11.3 Å². The molecule has 0 aromatic heterocycles. The monoisotopic (exact) mass is 404 g/mol. The van der Waals surface area contributed by atoms with E-state index in [1.807, 2.05) is 56.3 Å². The molecule has 7 nitrogen and oxygen atoms in total. The lowest BCUT2D eigenvalue weighted by molar-refractivity contribution is -0.119. The number of hydrogen-bond donors (Lipinski definition) is 3. The Morgan fingerprint density at radius 1 is 1.07 bits per heavy atom. The minimum absolute atomic E-state index is 0.198. The SMILES string of the molecule is Cc1ccc(OCC(=O)N=C(N)N)cc1C(=O)N[C@H](C)c1cccc2ccccc12. The van der Waals surface area contributed by atoms with Crippen molar-refractivity contribution in [1.82, 2.24) is 5.32 Å². The van der Waals surface area contributed by atoms with Crippen molar-refractivity contribution in [2.45, 2.75) is 19.9 Å². The zero-order valence-electron chi connectivity index (χ0n) is 16.9. The van der Waals surface area contributed by atoms with E-state index in [4.69, 9.17) is 16.2 Å². The van der Waals surface area contributed by atoms with Gasteiger partial charge in [0.1, 0.15) is 5.75 Å². The van der Waals surface area contributed by atoms with Crippen molar-refractivity contribution < 1.29 is 14.3 Å². The van der Waals surface area contributed by atoms with E-state index in [9.17, 15) is 9.59 Å². The van der Waals surface area contributed by atoms with Gasteiger partial charge in [0.15, 0.2) is 12.6 Å². The number of nitrogens with two attached hydrogens (primary N) is 2. The lowest BCUT2D eigenvalue weighted by Gasteiger charge is -2.18. The first-order chi connectivity index (χ1) is 14.3. The Kier molecular flexibility index (Phi) is 6.32. The molecule has 0 fully saturated rings. The highest BCUT2D eigenvalue weighted by molar-refractivity contribution is 5.97. The minimum Gasteiger partial charge on any atom is -0.484 e. The van der Waals surface area contributed by atoms with Gasteiger partial charge in [-0.15, -0.1) is 0 Å². The summed E-state index contributed by atoms with van der Waals surface area (Å²) in [6.07, 6.45) is 0. The number of nitrogens with zero attached hydrogens (tertiary/aromatic N) is 1. The number of ether oxygens (including phenoxy) is 1. The number of fused-ring (bicyclic) bond motifs is 1. The Bertz CT molecular complexity index is 1120. The second-order valence-electron chi connectivity index (χ2n) is 6.96. The maximum atomic E-state index is 12.9. The van der Waals surface area contributed by atoms with Gasteiger partial charge in [-0.2, -0.15) is 4.99 Å². The van der Waals surface area contributed by atoms with Crippen LogP contribution in [0, 0.1) is 6.92 Å². The minimum atomic E-state index is -0.605. The van der Waals surface area contributed by atoms with Crippen LogP contribution in [0.2, 0.25) is 0 Å². The number of aryl methyl sites for hydroxylation is 1. The highest BCUT2D eigenvalue weighted by Crippen LogP contribution is 2.25. The summed E-state index contributed by atoms with van der Waals surface area (Å²) in [4.78, 5) is 27.9. The fourth-order valence-corrected chi connectivity index (χ4v) is 3.24. The van der Waals surface area contributed by atoms with Crippen LogP contribution >= 0.6 is 0 Å². The predicted molar refractivity (Wildman–Crippen MR) is 117 cm³/mol. The standard InChI is InChI=1S/C23H24N4O3/c1-14-10-11-17(30-13-21(28)27-23(24)25)12-20(14)22(29)26-15(2)18-9-5-7-16-6-3-4-8-19(16)18/h3-12,15H,13H2,1-2H3,(H,26,29)(H4,24,25,27,28)/t15-/m1/s1. The van der Waals surface area contributed by atoms with Gasteiger partial charge in [-0.25, -0.2) is 0 Å². The van der Waals surface area contributed by atoms with Gasteiger partial charge in [0, 0.05) is 5.56 Å². The van der Waals surface area contributed by atoms with Gasteiger partial charge in [0.05, 0.1) is 6.04 Å². The van der Waals surface area contributed by atoms with Crippen LogP contribution in [0.1, 0.15) is 34.5 Å². The van der Waals surface area contributed by atoms with E-state index in [0.717, 1.165) is 21.9 Å². The number of carbonyl (C=O) groups is 2. The predicted octanol–water partition coefficient (Wildman–Crippen LogP) is 2.82. The molecule has 154 valence electrons. The Morgan fingerprint density at radius 2 is 1.80 bits per heavy atom. The highest BCUT2D eigenvalue weighted by Gasteiger charge is 2.16. The molecule has 0 saturated heterocycles. The van der Waals surface area contributed by atoms with Crippen molar-refractivity contribution in [3.8, 4) is 5.75 Å². The average Bonchev–Trinajstić information content (AvgIpc) is 2.72. The first-order valence-electron chi connectivity index (χ1n) is 9.49. The number of hydrogen-bond acceptors (Lipinski definition) is 3. The molecule has 2 amide bonds. The van der Waals surface area contributed by atoms with Gasteiger partial charge >= 0.3 is 0 Å². The van der Waals surface area contributed by atoms with Gasteiger partial charge in [-0.1, -0.05) is 48.5 Å². The van der Waals surface area contributed by atoms with Crippen molar-refractivity contribution in [1.29, 1.82) is 0 Å². The van der Waals surface area contributed by atoms with Gasteiger partial charge in [-0.3, -0.25) is 9.59 Å². The molecule has 5 N–H and O–H groups in total. The molecule has 0 spiro atoms. The van der Waals surface area contributed by atoms with Crippen molar-refractivity contribution in [2.24, 2.45) is 16.5 Å². The first kappa shape index (κ1) is 20.9. The van der Waals surface area contributed by atoms with Crippen molar-refractivity contribution >= 4 is 28.5 Å². The normalized spacial score (nSPS) is 11.5. The summed E-state index contributed by atoms with van der Waals surface area (Å²) < 4.78 is 5.41. The fourth-order valence-electron chi connectivity index (χ4n) is 3.24. The van der Waals surface area contributed by atoms with Gasteiger partial charge in [0.2, 0.25) is 0 Å². The summed E-state index contributed by atoms with van der Waals surface area (Å²) in [6, 6.07) is 18.9. The summed E-state index contributed by atoms with van der Waals surface area (Å²) in [7, 11) is 0. The van der Waals surface area contributed by atoms with E-state index in [2.05, 4.69) is 10.3 Å². The number of carbonyl (C=O) groups excluding carboxylic acids is 2. The molecule has 0 aliphatic carbocycles. The molecule has 0 heterocycles. The third-order valence-corrected chi connectivity index (χ3v) is 4.71. The second-order valence-corrected chi connectivity index (χ2v) is 6.96.